The molecule has 0 saturated carbocycles. The highest BCUT2D eigenvalue weighted by Gasteiger charge is 2.44. The molecule has 0 fully saturated rings. The molecular formula is C12H15F4NO2. The summed E-state index contributed by atoms with van der Waals surface area (Å²) in [5.41, 5.74) is 6.03. The van der Waals surface area contributed by atoms with Crippen LogP contribution in [0, 0.1) is 0 Å². The van der Waals surface area contributed by atoms with Gasteiger partial charge < -0.3 is 15.6 Å². The molecule has 1 aromatic rings. The van der Waals surface area contributed by atoms with Crippen LogP contribution >= 0.6 is 0 Å². The molecule has 3 nitrogen and oxygen atoms in total. The van der Waals surface area contributed by atoms with Crippen LogP contribution in [0.4, 0.5) is 17.6 Å². The van der Waals surface area contributed by atoms with E-state index in [1.807, 2.05) is 0 Å². The van der Waals surface area contributed by atoms with E-state index in [1.165, 1.54) is 12.1 Å². The van der Waals surface area contributed by atoms with Crippen LogP contribution in [0.1, 0.15) is 24.9 Å². The van der Waals surface area contributed by atoms with Crippen molar-refractivity contribution >= 4 is 0 Å². The molecule has 0 spiro atoms. The Labute approximate surface area is 108 Å². The Morgan fingerprint density at radius 3 is 2.53 bits per heavy atom. The summed E-state index contributed by atoms with van der Waals surface area (Å²) < 4.78 is 53.4. The number of benzene rings is 1. The van der Waals surface area contributed by atoms with Crippen molar-refractivity contribution in [1.29, 1.82) is 0 Å². The first-order chi connectivity index (χ1) is 8.77. The Morgan fingerprint density at radius 2 is 2.00 bits per heavy atom. The monoisotopic (exact) mass is 281 g/mol. The molecule has 0 heterocycles. The molecule has 2 atom stereocenters. The number of nitrogens with two attached hydrogens (primary N) is 1. The van der Waals surface area contributed by atoms with E-state index in [0.29, 0.717) is 12.0 Å². The Kier molecular flexibility index (Phi) is 5.13. The van der Waals surface area contributed by atoms with E-state index < -0.39 is 30.4 Å². The summed E-state index contributed by atoms with van der Waals surface area (Å²) >= 11 is 0. The normalized spacial score (nSPS) is 15.4. The highest BCUT2D eigenvalue weighted by molar-refractivity contribution is 5.31. The van der Waals surface area contributed by atoms with Gasteiger partial charge in [-0.05, 0) is 24.1 Å². The summed E-state index contributed by atoms with van der Waals surface area (Å²) in [5, 5.41) is 9.56. The van der Waals surface area contributed by atoms with Crippen molar-refractivity contribution in [1.82, 2.24) is 0 Å². The minimum atomic E-state index is -4.56. The van der Waals surface area contributed by atoms with E-state index in [9.17, 15) is 22.7 Å². The molecule has 0 aromatic heterocycles. The number of aliphatic hydroxyl groups is 1. The highest BCUT2D eigenvalue weighted by Crippen LogP contribution is 2.29. The van der Waals surface area contributed by atoms with Crippen molar-refractivity contribution in [2.45, 2.75) is 38.0 Å². The van der Waals surface area contributed by atoms with Gasteiger partial charge in [-0.1, -0.05) is 19.1 Å². The first kappa shape index (κ1) is 15.7. The first-order valence-electron chi connectivity index (χ1n) is 5.66. The van der Waals surface area contributed by atoms with E-state index in [0.717, 1.165) is 12.1 Å². The van der Waals surface area contributed by atoms with Gasteiger partial charge in [0.1, 0.15) is 5.75 Å². The average Bonchev–Trinajstić information content (AvgIpc) is 2.36. The van der Waals surface area contributed by atoms with Gasteiger partial charge in [0.05, 0.1) is 12.1 Å². The summed E-state index contributed by atoms with van der Waals surface area (Å²) in [6, 6.07) is 4.27. The van der Waals surface area contributed by atoms with Gasteiger partial charge in [0.25, 0.3) is 0 Å². The van der Waals surface area contributed by atoms with Crippen molar-refractivity contribution in [3.05, 3.63) is 29.8 Å². The van der Waals surface area contributed by atoms with Crippen LogP contribution in [0.25, 0.3) is 0 Å². The lowest BCUT2D eigenvalue weighted by Crippen LogP contribution is -2.33. The fraction of sp³-hybridized carbons (Fsp3) is 0.500. The van der Waals surface area contributed by atoms with Crippen molar-refractivity contribution in [2.24, 2.45) is 5.73 Å². The number of ether oxygens (including phenoxy) is 1. The topological polar surface area (TPSA) is 55.5 Å². The Balaban J connectivity index is 2.89. The molecule has 7 heteroatoms. The number of hydrogen-bond donors (Lipinski definition) is 2. The molecular weight excluding hydrogens is 266 g/mol. The number of rotatable bonds is 6. The zero-order valence-corrected chi connectivity index (χ0v) is 10.2. The van der Waals surface area contributed by atoms with Crippen molar-refractivity contribution < 1.29 is 27.4 Å². The van der Waals surface area contributed by atoms with Gasteiger partial charge in [0.2, 0.25) is 0 Å². The van der Waals surface area contributed by atoms with Gasteiger partial charge in [-0.3, -0.25) is 0 Å². The fourth-order valence-corrected chi connectivity index (χ4v) is 1.46. The molecule has 0 bridgehead atoms. The maximum absolute atomic E-state index is 12.7. The van der Waals surface area contributed by atoms with E-state index in [-0.39, 0.29) is 0 Å². The lowest BCUT2D eigenvalue weighted by atomic mass is 10.0. The molecule has 0 aliphatic rings. The lowest BCUT2D eigenvalue weighted by molar-refractivity contribution is -0.253. The van der Waals surface area contributed by atoms with Crippen LogP contribution in [0.2, 0.25) is 0 Å². The maximum atomic E-state index is 12.7. The molecule has 0 saturated heterocycles. The minimum Gasteiger partial charge on any atom is -0.428 e. The maximum Gasteiger partial charge on any atom is 0.461 e. The van der Waals surface area contributed by atoms with Gasteiger partial charge in [-0.15, -0.1) is 0 Å². The zero-order valence-electron chi connectivity index (χ0n) is 10.2. The van der Waals surface area contributed by atoms with Crippen LogP contribution in [-0.4, -0.2) is 23.7 Å². The molecule has 1 aromatic carbocycles. The summed E-state index contributed by atoms with van der Waals surface area (Å²) in [6.07, 6.45) is -8.97. The molecule has 108 valence electrons. The SMILES string of the molecule is CC[C@@H](O)[C@@H](N)c1cccc(OC(F)(F)C(F)F)c1. The third-order valence-corrected chi connectivity index (χ3v) is 2.58. The van der Waals surface area contributed by atoms with Crippen molar-refractivity contribution in [2.75, 3.05) is 0 Å². The molecule has 1 rings (SSSR count). The summed E-state index contributed by atoms with van der Waals surface area (Å²) in [5.74, 6) is -0.429. The van der Waals surface area contributed by atoms with Crippen LogP contribution in [0.3, 0.4) is 0 Å². The molecule has 0 aliphatic carbocycles. The van der Waals surface area contributed by atoms with Gasteiger partial charge >= 0.3 is 12.5 Å². The van der Waals surface area contributed by atoms with E-state index >= 15 is 0 Å². The quantitative estimate of drug-likeness (QED) is 0.788. The molecule has 0 amide bonds. The van der Waals surface area contributed by atoms with Gasteiger partial charge in [-0.2, -0.15) is 17.6 Å². The fourth-order valence-electron chi connectivity index (χ4n) is 1.46. The number of aliphatic hydroxyl groups excluding tert-OH is 1. The Morgan fingerprint density at radius 1 is 1.37 bits per heavy atom. The summed E-state index contributed by atoms with van der Waals surface area (Å²) in [6.45, 7) is 1.70. The lowest BCUT2D eigenvalue weighted by Gasteiger charge is -2.20. The zero-order chi connectivity index (χ0) is 14.6. The van der Waals surface area contributed by atoms with Gasteiger partial charge in [0, 0.05) is 0 Å². The number of alkyl halides is 4. The van der Waals surface area contributed by atoms with Crippen LogP contribution in [0.5, 0.6) is 5.75 Å². The van der Waals surface area contributed by atoms with Gasteiger partial charge in [0.15, 0.2) is 0 Å². The number of halogens is 4. The third kappa shape index (κ3) is 4.07. The molecule has 0 aliphatic heterocycles. The van der Waals surface area contributed by atoms with Gasteiger partial charge in [-0.25, -0.2) is 0 Å². The van der Waals surface area contributed by atoms with E-state index in [1.54, 1.807) is 6.92 Å². The average molecular weight is 281 g/mol. The van der Waals surface area contributed by atoms with Crippen molar-refractivity contribution in [3.63, 3.8) is 0 Å². The third-order valence-electron chi connectivity index (χ3n) is 2.58. The van der Waals surface area contributed by atoms with Crippen molar-refractivity contribution in [3.8, 4) is 5.75 Å². The molecule has 19 heavy (non-hydrogen) atoms. The van der Waals surface area contributed by atoms with Crippen LogP contribution in [0.15, 0.2) is 24.3 Å². The standard InChI is InChI=1S/C12H15F4NO2/c1-2-9(18)10(17)7-4-3-5-8(6-7)19-12(15,16)11(13)14/h3-6,9-11,18H,2,17H2,1H3/t9-,10+/m1/s1. The molecule has 0 unspecified atom stereocenters. The highest BCUT2D eigenvalue weighted by atomic mass is 19.3. The smallest absolute Gasteiger partial charge is 0.428 e. The predicted molar refractivity (Wildman–Crippen MR) is 61.2 cm³/mol. The second-order valence-corrected chi connectivity index (χ2v) is 4.04. The summed E-state index contributed by atoms with van der Waals surface area (Å²) in [4.78, 5) is 0. The van der Waals surface area contributed by atoms with E-state index in [2.05, 4.69) is 4.74 Å². The molecule has 3 N–H and O–H groups in total. The Bertz CT molecular complexity index is 414. The van der Waals surface area contributed by atoms with Crippen LogP contribution < -0.4 is 10.5 Å². The second-order valence-electron chi connectivity index (χ2n) is 4.04. The number of hydrogen-bond acceptors (Lipinski definition) is 3. The van der Waals surface area contributed by atoms with Crippen LogP contribution in [-0.2, 0) is 0 Å². The Hall–Kier alpha value is -1.34. The van der Waals surface area contributed by atoms with E-state index in [4.69, 9.17) is 5.73 Å². The largest absolute Gasteiger partial charge is 0.461 e. The molecule has 0 radical (unpaired) electrons. The first-order valence-corrected chi connectivity index (χ1v) is 5.66. The predicted octanol–water partition coefficient (Wildman–Crippen LogP) is 2.69. The second kappa shape index (κ2) is 6.21. The minimum absolute atomic E-state index is 0.330. The summed E-state index contributed by atoms with van der Waals surface area (Å²) in [7, 11) is 0.